The maximum absolute atomic E-state index is 10.7. The number of aliphatic imine (C=N–C) groups is 1. The monoisotopic (exact) mass is 264 g/mol. The van der Waals surface area contributed by atoms with Crippen molar-refractivity contribution < 1.29 is 9.66 Å². The van der Waals surface area contributed by atoms with E-state index in [0.29, 0.717) is 6.61 Å². The number of aryl methyl sites for hydroxylation is 1. The molecule has 1 rings (SSSR count). The van der Waals surface area contributed by atoms with Gasteiger partial charge in [-0.2, -0.15) is 0 Å². The van der Waals surface area contributed by atoms with Crippen LogP contribution >= 0.6 is 0 Å². The third-order valence-electron chi connectivity index (χ3n) is 2.81. The van der Waals surface area contributed by atoms with Gasteiger partial charge >= 0.3 is 0 Å². The molecular weight excluding hydrogens is 244 g/mol. The Morgan fingerprint density at radius 3 is 2.63 bits per heavy atom. The summed E-state index contributed by atoms with van der Waals surface area (Å²) in [6.07, 6.45) is 0.560. The summed E-state index contributed by atoms with van der Waals surface area (Å²) in [7, 11) is 0. The minimum absolute atomic E-state index is 0.106. The molecule has 0 fully saturated rings. The molecule has 0 N–H and O–H groups in total. The summed E-state index contributed by atoms with van der Waals surface area (Å²) in [6.45, 7) is 8.30. The van der Waals surface area contributed by atoms with Crippen molar-refractivity contribution in [3.63, 3.8) is 0 Å². The van der Waals surface area contributed by atoms with Crippen LogP contribution in [-0.4, -0.2) is 23.5 Å². The first-order valence-electron chi connectivity index (χ1n) is 6.43. The lowest BCUT2D eigenvalue weighted by Gasteiger charge is -2.12. The molecule has 0 aliphatic heterocycles. The number of benzene rings is 1. The van der Waals surface area contributed by atoms with Crippen LogP contribution in [0.3, 0.4) is 0 Å². The summed E-state index contributed by atoms with van der Waals surface area (Å²) >= 11 is 0. The molecule has 0 amide bonds. The van der Waals surface area contributed by atoms with E-state index in [2.05, 4.69) is 4.99 Å². The van der Waals surface area contributed by atoms with Crippen molar-refractivity contribution in [1.29, 1.82) is 0 Å². The van der Waals surface area contributed by atoms with E-state index >= 15 is 0 Å². The molecule has 0 saturated heterocycles. The average molecular weight is 264 g/mol. The fraction of sp³-hybridized carbons (Fsp3) is 0.500. The van der Waals surface area contributed by atoms with Gasteiger partial charge in [-0.05, 0) is 44.4 Å². The Labute approximate surface area is 113 Å². The molecule has 0 spiro atoms. The van der Waals surface area contributed by atoms with E-state index in [1.54, 1.807) is 12.1 Å². The maximum Gasteiger partial charge on any atom is 0.269 e. The number of nitro benzene ring substituents is 1. The normalized spacial score (nSPS) is 13.4. The molecule has 0 radical (unpaired) electrons. The van der Waals surface area contributed by atoms with Gasteiger partial charge in [0.25, 0.3) is 5.69 Å². The highest BCUT2D eigenvalue weighted by Gasteiger charge is 2.12. The number of hydrogen-bond acceptors (Lipinski definition) is 4. The van der Waals surface area contributed by atoms with Crippen LogP contribution in [-0.2, 0) is 4.74 Å². The Bertz CT molecular complexity index is 484. The lowest BCUT2D eigenvalue weighted by atomic mass is 10.0. The van der Waals surface area contributed by atoms with E-state index in [0.717, 1.165) is 23.3 Å². The zero-order chi connectivity index (χ0) is 14.4. The first kappa shape index (κ1) is 15.3. The average Bonchev–Trinajstić information content (AvgIpc) is 2.36. The van der Waals surface area contributed by atoms with Crippen LogP contribution in [0.2, 0.25) is 0 Å². The fourth-order valence-corrected chi connectivity index (χ4v) is 1.93. The van der Waals surface area contributed by atoms with Gasteiger partial charge in [-0.3, -0.25) is 15.1 Å². The molecule has 1 aromatic rings. The first-order valence-corrected chi connectivity index (χ1v) is 6.43. The Kier molecular flexibility index (Phi) is 5.63. The Balaban J connectivity index is 3.09. The van der Waals surface area contributed by atoms with Crippen LogP contribution < -0.4 is 0 Å². The van der Waals surface area contributed by atoms with Crippen molar-refractivity contribution in [2.24, 2.45) is 4.99 Å². The van der Waals surface area contributed by atoms with Crippen LogP contribution in [0.1, 0.15) is 38.3 Å². The molecule has 19 heavy (non-hydrogen) atoms. The number of ether oxygens (including phenoxy) is 1. The second-order valence-corrected chi connectivity index (χ2v) is 4.24. The van der Waals surface area contributed by atoms with Crippen LogP contribution in [0.5, 0.6) is 0 Å². The predicted molar refractivity (Wildman–Crippen MR) is 75.7 cm³/mol. The summed E-state index contributed by atoms with van der Waals surface area (Å²) in [4.78, 5) is 14.9. The zero-order valence-electron chi connectivity index (χ0n) is 11.8. The lowest BCUT2D eigenvalue weighted by Crippen LogP contribution is -2.11. The number of rotatable bonds is 6. The fourth-order valence-electron chi connectivity index (χ4n) is 1.93. The van der Waals surface area contributed by atoms with Crippen molar-refractivity contribution >= 4 is 11.4 Å². The maximum atomic E-state index is 10.7. The van der Waals surface area contributed by atoms with Crippen LogP contribution in [0.15, 0.2) is 23.2 Å². The van der Waals surface area contributed by atoms with E-state index in [1.165, 1.54) is 6.07 Å². The Morgan fingerprint density at radius 2 is 2.16 bits per heavy atom. The van der Waals surface area contributed by atoms with Crippen molar-refractivity contribution in [3.05, 3.63) is 39.4 Å². The van der Waals surface area contributed by atoms with Crippen molar-refractivity contribution in [2.45, 2.75) is 40.3 Å². The largest absolute Gasteiger partial charge is 0.357 e. The van der Waals surface area contributed by atoms with Gasteiger partial charge in [-0.25, -0.2) is 0 Å². The van der Waals surface area contributed by atoms with Gasteiger partial charge in [-0.15, -0.1) is 0 Å². The SMILES string of the molecule is CCOC(C)/N=C(\CC)c1ccc([N+](=O)[O-])cc1C. The summed E-state index contributed by atoms with van der Waals surface area (Å²) in [5.41, 5.74) is 2.82. The molecule has 104 valence electrons. The second-order valence-electron chi connectivity index (χ2n) is 4.24. The molecule has 1 atom stereocenters. The molecule has 1 aromatic carbocycles. The standard InChI is InChI=1S/C14H20N2O3/c1-5-14(15-11(4)19-6-2)13-8-7-12(16(17)18)9-10(13)3/h7-9,11H,5-6H2,1-4H3/b15-14+. The molecule has 0 bridgehead atoms. The van der Waals surface area contributed by atoms with Gasteiger partial charge in [0, 0.05) is 24.5 Å². The Morgan fingerprint density at radius 1 is 1.47 bits per heavy atom. The van der Waals surface area contributed by atoms with Crippen molar-refractivity contribution in [1.82, 2.24) is 0 Å². The van der Waals surface area contributed by atoms with E-state index in [-0.39, 0.29) is 16.8 Å². The third-order valence-corrected chi connectivity index (χ3v) is 2.81. The number of nitrogens with zero attached hydrogens (tertiary/aromatic N) is 2. The molecule has 0 aliphatic carbocycles. The molecular formula is C14H20N2O3. The van der Waals surface area contributed by atoms with Crippen molar-refractivity contribution in [2.75, 3.05) is 6.61 Å². The van der Waals surface area contributed by atoms with Crippen LogP contribution in [0, 0.1) is 17.0 Å². The van der Waals surface area contributed by atoms with E-state index in [1.807, 2.05) is 27.7 Å². The summed E-state index contributed by atoms with van der Waals surface area (Å²) in [6, 6.07) is 4.85. The topological polar surface area (TPSA) is 64.7 Å². The van der Waals surface area contributed by atoms with Gasteiger partial charge in [0.2, 0.25) is 0 Å². The number of non-ortho nitro benzene ring substituents is 1. The molecule has 0 saturated carbocycles. The zero-order valence-corrected chi connectivity index (χ0v) is 11.8. The minimum atomic E-state index is -0.387. The molecule has 0 aliphatic rings. The third kappa shape index (κ3) is 4.13. The van der Waals surface area contributed by atoms with Crippen LogP contribution in [0.4, 0.5) is 5.69 Å². The predicted octanol–water partition coefficient (Wildman–Crippen LogP) is 3.48. The first-order chi connectivity index (χ1) is 8.99. The quantitative estimate of drug-likeness (QED) is 0.449. The lowest BCUT2D eigenvalue weighted by molar-refractivity contribution is -0.384. The highest BCUT2D eigenvalue weighted by molar-refractivity contribution is 6.01. The van der Waals surface area contributed by atoms with Gasteiger partial charge < -0.3 is 4.74 Å². The Hall–Kier alpha value is -1.75. The minimum Gasteiger partial charge on any atom is -0.357 e. The van der Waals surface area contributed by atoms with Gasteiger partial charge in [0.15, 0.2) is 0 Å². The highest BCUT2D eigenvalue weighted by atomic mass is 16.6. The van der Waals surface area contributed by atoms with E-state index < -0.39 is 0 Å². The van der Waals surface area contributed by atoms with Crippen molar-refractivity contribution in [3.8, 4) is 0 Å². The summed E-state index contributed by atoms with van der Waals surface area (Å²) in [5.74, 6) is 0. The molecule has 0 heterocycles. The molecule has 5 nitrogen and oxygen atoms in total. The second kappa shape index (κ2) is 6.99. The molecule has 5 heteroatoms. The van der Waals surface area contributed by atoms with E-state index in [9.17, 15) is 10.1 Å². The van der Waals surface area contributed by atoms with Gasteiger partial charge in [0.1, 0.15) is 6.23 Å². The van der Waals surface area contributed by atoms with E-state index in [4.69, 9.17) is 4.74 Å². The highest BCUT2D eigenvalue weighted by Crippen LogP contribution is 2.19. The number of hydrogen-bond donors (Lipinski definition) is 0. The number of nitro groups is 1. The van der Waals surface area contributed by atoms with Crippen LogP contribution in [0.25, 0.3) is 0 Å². The molecule has 1 unspecified atom stereocenters. The summed E-state index contributed by atoms with van der Waals surface area (Å²) in [5, 5.41) is 10.7. The summed E-state index contributed by atoms with van der Waals surface area (Å²) < 4.78 is 5.40. The molecule has 0 aromatic heterocycles. The smallest absolute Gasteiger partial charge is 0.269 e. The van der Waals surface area contributed by atoms with Gasteiger partial charge in [0.05, 0.1) is 4.92 Å². The van der Waals surface area contributed by atoms with Gasteiger partial charge in [-0.1, -0.05) is 6.92 Å².